The minimum Gasteiger partial charge on any atom is -0.486 e. The van der Waals surface area contributed by atoms with Gasteiger partial charge in [0, 0.05) is 18.7 Å². The summed E-state index contributed by atoms with van der Waals surface area (Å²) in [5, 5.41) is 2.94. The van der Waals surface area contributed by atoms with E-state index in [1.807, 2.05) is 45.0 Å². The molecular weight excluding hydrogens is 542 g/mol. The Morgan fingerprint density at radius 2 is 1.59 bits per heavy atom. The van der Waals surface area contributed by atoms with Crippen LogP contribution in [0.3, 0.4) is 0 Å². The van der Waals surface area contributed by atoms with Crippen molar-refractivity contribution in [2.24, 2.45) is 0 Å². The molecule has 3 aromatic rings. The lowest BCUT2D eigenvalue weighted by Crippen LogP contribution is -2.52. The van der Waals surface area contributed by atoms with Crippen molar-refractivity contribution in [3.63, 3.8) is 0 Å². The predicted molar refractivity (Wildman–Crippen MR) is 157 cm³/mol. The van der Waals surface area contributed by atoms with Gasteiger partial charge in [-0.1, -0.05) is 55.0 Å². The van der Waals surface area contributed by atoms with Crippen molar-refractivity contribution in [1.29, 1.82) is 0 Å². The van der Waals surface area contributed by atoms with E-state index in [0.29, 0.717) is 24.7 Å². The predicted octanol–water partition coefficient (Wildman–Crippen LogP) is 4.29. The molecule has 0 aromatic heterocycles. The number of hydrogen-bond acceptors (Lipinski definition) is 6. The van der Waals surface area contributed by atoms with Crippen LogP contribution < -0.4 is 19.1 Å². The SMILES string of the molecule is CC[C@H](C)NC(=O)[C@@H](C)N(Cc1ccc(C)cc1)C(=O)CN(c1ccc2c(c1)OCCO2)S(=O)(=O)c1ccccc1. The Morgan fingerprint density at radius 1 is 0.927 bits per heavy atom. The number of sulfonamides is 1. The van der Waals surface area contributed by atoms with Crippen LogP contribution in [-0.2, 0) is 26.2 Å². The Kier molecular flexibility index (Phi) is 9.54. The summed E-state index contributed by atoms with van der Waals surface area (Å²) in [5.41, 5.74) is 2.13. The van der Waals surface area contributed by atoms with Crippen LogP contribution in [-0.4, -0.2) is 57.0 Å². The minimum absolute atomic E-state index is 0.0373. The van der Waals surface area contributed by atoms with Crippen LogP contribution >= 0.6 is 0 Å². The fourth-order valence-corrected chi connectivity index (χ4v) is 5.80. The summed E-state index contributed by atoms with van der Waals surface area (Å²) in [6.07, 6.45) is 0.734. The van der Waals surface area contributed by atoms with E-state index >= 15 is 0 Å². The maximum absolute atomic E-state index is 14.1. The second-order valence-electron chi connectivity index (χ2n) is 10.2. The topological polar surface area (TPSA) is 105 Å². The number of carbonyl (C=O) groups is 2. The number of fused-ring (bicyclic) bond motifs is 1. The van der Waals surface area contributed by atoms with Crippen LogP contribution in [0.15, 0.2) is 77.7 Å². The van der Waals surface area contributed by atoms with Crippen LogP contribution in [0.5, 0.6) is 11.5 Å². The zero-order chi connectivity index (χ0) is 29.6. The summed E-state index contributed by atoms with van der Waals surface area (Å²) in [5.74, 6) is 0.0652. The van der Waals surface area contributed by atoms with Crippen LogP contribution in [0.2, 0.25) is 0 Å². The summed E-state index contributed by atoms with van der Waals surface area (Å²) >= 11 is 0. The summed E-state index contributed by atoms with van der Waals surface area (Å²) < 4.78 is 40.3. The average molecular weight is 580 g/mol. The lowest BCUT2D eigenvalue weighted by molar-refractivity contribution is -0.139. The number of hydrogen-bond donors (Lipinski definition) is 1. The Labute approximate surface area is 242 Å². The van der Waals surface area contributed by atoms with Gasteiger partial charge in [-0.05, 0) is 57.0 Å². The van der Waals surface area contributed by atoms with Gasteiger partial charge in [-0.3, -0.25) is 13.9 Å². The lowest BCUT2D eigenvalue weighted by Gasteiger charge is -2.32. The summed E-state index contributed by atoms with van der Waals surface area (Å²) in [6.45, 7) is 7.81. The number of rotatable bonds is 11. The number of benzene rings is 3. The van der Waals surface area contributed by atoms with Crippen molar-refractivity contribution in [2.75, 3.05) is 24.1 Å². The first-order valence-corrected chi connectivity index (χ1v) is 15.2. The highest BCUT2D eigenvalue weighted by atomic mass is 32.2. The third-order valence-corrected chi connectivity index (χ3v) is 8.85. The van der Waals surface area contributed by atoms with Gasteiger partial charge in [-0.2, -0.15) is 0 Å². The van der Waals surface area contributed by atoms with E-state index in [9.17, 15) is 18.0 Å². The van der Waals surface area contributed by atoms with Crippen molar-refractivity contribution in [2.45, 2.75) is 57.6 Å². The van der Waals surface area contributed by atoms with Crippen molar-refractivity contribution >= 4 is 27.5 Å². The molecule has 1 aliphatic heterocycles. The number of ether oxygens (including phenoxy) is 2. The monoisotopic (exact) mass is 579 g/mol. The highest BCUT2D eigenvalue weighted by Gasteiger charge is 2.33. The Balaban J connectivity index is 1.72. The third kappa shape index (κ3) is 7.18. The standard InChI is InChI=1S/C31H37N3O6S/c1-5-23(3)32-31(36)24(4)33(20-25-13-11-22(2)12-14-25)30(35)21-34(41(37,38)27-9-7-6-8-10-27)26-15-16-28-29(19-26)40-18-17-39-28/h6-16,19,23-24H,5,17-18,20-21H2,1-4H3,(H,32,36)/t23-,24+/m0/s1. The van der Waals surface area contributed by atoms with E-state index in [1.165, 1.54) is 17.0 Å². The number of aryl methyl sites for hydroxylation is 1. The molecule has 1 heterocycles. The van der Waals surface area contributed by atoms with Gasteiger partial charge >= 0.3 is 0 Å². The van der Waals surface area contributed by atoms with E-state index in [2.05, 4.69) is 5.32 Å². The molecule has 3 aromatic carbocycles. The van der Waals surface area contributed by atoms with E-state index in [4.69, 9.17) is 9.47 Å². The molecule has 1 aliphatic rings. The molecule has 0 radical (unpaired) electrons. The zero-order valence-electron chi connectivity index (χ0n) is 23.9. The van der Waals surface area contributed by atoms with Gasteiger partial charge < -0.3 is 19.7 Å². The van der Waals surface area contributed by atoms with Gasteiger partial charge in [0.2, 0.25) is 11.8 Å². The molecule has 0 saturated heterocycles. The Hall–Kier alpha value is -4.05. The number of amides is 2. The third-order valence-electron chi connectivity index (χ3n) is 7.07. The van der Waals surface area contributed by atoms with E-state index in [1.54, 1.807) is 43.3 Å². The molecule has 0 fully saturated rings. The first kappa shape index (κ1) is 29.9. The normalized spacial score (nSPS) is 14.0. The van der Waals surface area contributed by atoms with Crippen molar-refractivity contribution in [1.82, 2.24) is 10.2 Å². The minimum atomic E-state index is -4.17. The first-order chi connectivity index (χ1) is 19.6. The summed E-state index contributed by atoms with van der Waals surface area (Å²) in [4.78, 5) is 28.7. The smallest absolute Gasteiger partial charge is 0.264 e. The molecule has 0 unspecified atom stereocenters. The van der Waals surface area contributed by atoms with Crippen molar-refractivity contribution < 1.29 is 27.5 Å². The quantitative estimate of drug-likeness (QED) is 0.363. The summed E-state index contributed by atoms with van der Waals surface area (Å²) in [6, 6.07) is 19.5. The molecule has 218 valence electrons. The zero-order valence-corrected chi connectivity index (χ0v) is 24.7. The number of nitrogens with one attached hydrogen (secondary N) is 1. The maximum atomic E-state index is 14.1. The molecule has 1 N–H and O–H groups in total. The molecule has 10 heteroatoms. The van der Waals surface area contributed by atoms with Gasteiger partial charge in [-0.15, -0.1) is 0 Å². The van der Waals surface area contributed by atoms with Crippen molar-refractivity contribution in [3.8, 4) is 11.5 Å². The first-order valence-electron chi connectivity index (χ1n) is 13.7. The van der Waals surface area contributed by atoms with Gasteiger partial charge in [0.25, 0.3) is 10.0 Å². The lowest BCUT2D eigenvalue weighted by atomic mass is 10.1. The molecule has 2 amide bonds. The van der Waals surface area contributed by atoms with Crippen molar-refractivity contribution in [3.05, 3.63) is 83.9 Å². The maximum Gasteiger partial charge on any atom is 0.264 e. The van der Waals surface area contributed by atoms with E-state index in [0.717, 1.165) is 21.9 Å². The number of carbonyl (C=O) groups excluding carboxylic acids is 2. The molecule has 9 nitrogen and oxygen atoms in total. The number of nitrogens with zero attached hydrogens (tertiary/aromatic N) is 2. The van der Waals surface area contributed by atoms with Gasteiger partial charge in [0.05, 0.1) is 10.6 Å². The van der Waals surface area contributed by atoms with E-state index < -0.39 is 28.5 Å². The van der Waals surface area contributed by atoms with Crippen LogP contribution in [0.4, 0.5) is 5.69 Å². The Morgan fingerprint density at radius 3 is 2.24 bits per heavy atom. The second-order valence-corrected chi connectivity index (χ2v) is 12.0. The fourth-order valence-electron chi connectivity index (χ4n) is 4.37. The highest BCUT2D eigenvalue weighted by molar-refractivity contribution is 7.92. The molecule has 0 spiro atoms. The Bertz CT molecular complexity index is 1460. The summed E-state index contributed by atoms with van der Waals surface area (Å²) in [7, 11) is -4.17. The molecule has 2 atom stereocenters. The molecule has 4 rings (SSSR count). The molecular formula is C31H37N3O6S. The second kappa shape index (κ2) is 13.1. The van der Waals surface area contributed by atoms with Crippen LogP contribution in [0.25, 0.3) is 0 Å². The van der Waals surface area contributed by atoms with Gasteiger partial charge in [0.15, 0.2) is 11.5 Å². The van der Waals surface area contributed by atoms with Gasteiger partial charge in [-0.25, -0.2) is 8.42 Å². The van der Waals surface area contributed by atoms with Crippen LogP contribution in [0.1, 0.15) is 38.3 Å². The highest BCUT2D eigenvalue weighted by Crippen LogP contribution is 2.36. The molecule has 0 bridgehead atoms. The molecule has 0 saturated carbocycles. The largest absolute Gasteiger partial charge is 0.486 e. The molecule has 41 heavy (non-hydrogen) atoms. The fraction of sp³-hybridized carbons (Fsp3) is 0.355. The molecule has 0 aliphatic carbocycles. The van der Waals surface area contributed by atoms with E-state index in [-0.39, 0.29) is 29.1 Å². The average Bonchev–Trinajstić information content (AvgIpc) is 2.99. The number of anilines is 1. The van der Waals surface area contributed by atoms with Crippen LogP contribution in [0, 0.1) is 6.92 Å². The van der Waals surface area contributed by atoms with Gasteiger partial charge in [0.1, 0.15) is 25.8 Å².